The fourth-order valence-electron chi connectivity index (χ4n) is 2.96. The summed E-state index contributed by atoms with van der Waals surface area (Å²) in [6.07, 6.45) is 5.41. The van der Waals surface area contributed by atoms with Crippen LogP contribution in [0.1, 0.15) is 41.1 Å². The monoisotopic (exact) mass is 378 g/mol. The Morgan fingerprint density at radius 3 is 2.61 bits per heavy atom. The number of carbonyl (C=O) groups excluding carboxylic acids is 1. The number of nitrogens with one attached hydrogen (secondary N) is 1. The third kappa shape index (κ3) is 4.43. The van der Waals surface area contributed by atoms with Crippen LogP contribution < -0.4 is 10.3 Å². The summed E-state index contributed by atoms with van der Waals surface area (Å²) in [6, 6.07) is 12.8. The zero-order valence-electron chi connectivity index (χ0n) is 15.8. The number of pyridine rings is 1. The van der Waals surface area contributed by atoms with E-state index >= 15 is 0 Å². The SMILES string of the molecule is CC[C@H](c1cccnc1)N(C)C(=O)c1cnc(COc2ccccc2)[nH]c1=O. The molecule has 2 heterocycles. The molecule has 1 aromatic carbocycles. The average Bonchev–Trinajstić information content (AvgIpc) is 2.74. The molecule has 0 aliphatic heterocycles. The van der Waals surface area contributed by atoms with E-state index in [1.54, 1.807) is 24.3 Å². The number of para-hydroxylation sites is 1. The lowest BCUT2D eigenvalue weighted by molar-refractivity contribution is 0.0723. The lowest BCUT2D eigenvalue weighted by Gasteiger charge is -2.27. The summed E-state index contributed by atoms with van der Waals surface area (Å²) in [7, 11) is 1.68. The average molecular weight is 378 g/mol. The molecule has 28 heavy (non-hydrogen) atoms. The van der Waals surface area contributed by atoms with Gasteiger partial charge in [0.1, 0.15) is 23.7 Å². The standard InChI is InChI=1S/C21H22N4O3/c1-3-18(15-8-7-11-22-12-15)25(2)21(27)17-13-23-19(24-20(17)26)14-28-16-9-5-4-6-10-16/h4-13,18H,3,14H2,1-2H3,(H,23,24,26)/t18-/m1/s1. The van der Waals surface area contributed by atoms with E-state index in [0.29, 0.717) is 18.0 Å². The number of carbonyl (C=O) groups is 1. The Kier molecular flexibility index (Phi) is 6.16. The van der Waals surface area contributed by atoms with Crippen molar-refractivity contribution in [3.05, 3.63) is 88.4 Å². The number of amides is 1. The predicted octanol–water partition coefficient (Wildman–Crippen LogP) is 2.97. The number of H-pyrrole nitrogens is 1. The van der Waals surface area contributed by atoms with E-state index in [9.17, 15) is 9.59 Å². The van der Waals surface area contributed by atoms with E-state index in [1.165, 1.54) is 6.20 Å². The van der Waals surface area contributed by atoms with E-state index < -0.39 is 5.56 Å². The number of rotatable bonds is 7. The molecule has 3 aromatic rings. The van der Waals surface area contributed by atoms with Crippen molar-refractivity contribution >= 4 is 5.91 Å². The summed E-state index contributed by atoms with van der Waals surface area (Å²) < 4.78 is 5.57. The Labute approximate surface area is 163 Å². The molecule has 7 nitrogen and oxygen atoms in total. The van der Waals surface area contributed by atoms with Gasteiger partial charge in [-0.25, -0.2) is 4.98 Å². The molecule has 7 heteroatoms. The van der Waals surface area contributed by atoms with Gasteiger partial charge in [-0.2, -0.15) is 0 Å². The highest BCUT2D eigenvalue weighted by atomic mass is 16.5. The maximum Gasteiger partial charge on any atom is 0.263 e. The molecule has 3 rings (SSSR count). The number of aromatic amines is 1. The third-order valence-corrected chi connectivity index (χ3v) is 4.44. The molecule has 0 radical (unpaired) electrons. The van der Waals surface area contributed by atoms with Crippen LogP contribution >= 0.6 is 0 Å². The summed E-state index contributed by atoms with van der Waals surface area (Å²) in [4.78, 5) is 37.7. The van der Waals surface area contributed by atoms with Crippen LogP contribution in [0.3, 0.4) is 0 Å². The van der Waals surface area contributed by atoms with Crippen LogP contribution in [-0.2, 0) is 6.61 Å². The van der Waals surface area contributed by atoms with Crippen molar-refractivity contribution in [3.63, 3.8) is 0 Å². The second-order valence-corrected chi connectivity index (χ2v) is 6.30. The molecule has 0 saturated heterocycles. The molecule has 144 valence electrons. The predicted molar refractivity (Wildman–Crippen MR) is 105 cm³/mol. The van der Waals surface area contributed by atoms with Crippen molar-refractivity contribution in [2.45, 2.75) is 26.0 Å². The van der Waals surface area contributed by atoms with Crippen LogP contribution in [0.15, 0.2) is 65.8 Å². The highest BCUT2D eigenvalue weighted by molar-refractivity contribution is 5.93. The number of aromatic nitrogens is 3. The van der Waals surface area contributed by atoms with Gasteiger partial charge >= 0.3 is 0 Å². The van der Waals surface area contributed by atoms with Gasteiger partial charge in [-0.15, -0.1) is 0 Å². The molecule has 1 atom stereocenters. The van der Waals surface area contributed by atoms with Gasteiger partial charge in [0.15, 0.2) is 0 Å². The highest BCUT2D eigenvalue weighted by Crippen LogP contribution is 2.23. The van der Waals surface area contributed by atoms with Gasteiger partial charge in [0.2, 0.25) is 0 Å². The molecule has 0 fully saturated rings. The Balaban J connectivity index is 1.73. The number of hydrogen-bond acceptors (Lipinski definition) is 5. The maximum absolute atomic E-state index is 12.8. The van der Waals surface area contributed by atoms with Crippen LogP contribution in [0.25, 0.3) is 0 Å². The Bertz CT molecular complexity index is 974. The molecule has 0 saturated carbocycles. The summed E-state index contributed by atoms with van der Waals surface area (Å²) >= 11 is 0. The molecule has 0 spiro atoms. The molecular formula is C21H22N4O3. The molecule has 0 bridgehead atoms. The van der Waals surface area contributed by atoms with Crippen molar-refractivity contribution in [2.24, 2.45) is 0 Å². The van der Waals surface area contributed by atoms with Gasteiger partial charge in [0.05, 0.1) is 6.04 Å². The van der Waals surface area contributed by atoms with Crippen LogP contribution in [0, 0.1) is 0 Å². The first-order valence-electron chi connectivity index (χ1n) is 9.03. The van der Waals surface area contributed by atoms with Crippen molar-refractivity contribution < 1.29 is 9.53 Å². The minimum absolute atomic E-state index is 0.00620. The topological polar surface area (TPSA) is 88.2 Å². The van der Waals surface area contributed by atoms with E-state index in [-0.39, 0.29) is 24.1 Å². The molecular weight excluding hydrogens is 356 g/mol. The lowest BCUT2D eigenvalue weighted by atomic mass is 10.0. The fourth-order valence-corrected chi connectivity index (χ4v) is 2.96. The first kappa shape index (κ1) is 19.3. The second kappa shape index (κ2) is 8.94. The largest absolute Gasteiger partial charge is 0.486 e. The smallest absolute Gasteiger partial charge is 0.263 e. The quantitative estimate of drug-likeness (QED) is 0.683. The fraction of sp³-hybridized carbons (Fsp3) is 0.238. The first-order chi connectivity index (χ1) is 13.6. The van der Waals surface area contributed by atoms with Crippen molar-refractivity contribution in [1.82, 2.24) is 19.9 Å². The van der Waals surface area contributed by atoms with Gasteiger partial charge in [-0.05, 0) is 30.2 Å². The summed E-state index contributed by atoms with van der Waals surface area (Å²) in [5.74, 6) is 0.639. The van der Waals surface area contributed by atoms with Crippen molar-refractivity contribution in [2.75, 3.05) is 7.05 Å². The Hall–Kier alpha value is -3.48. The van der Waals surface area contributed by atoms with E-state index in [4.69, 9.17) is 4.74 Å². The van der Waals surface area contributed by atoms with E-state index in [1.807, 2.05) is 49.4 Å². The molecule has 1 amide bonds. The van der Waals surface area contributed by atoms with Gasteiger partial charge in [-0.1, -0.05) is 31.2 Å². The van der Waals surface area contributed by atoms with Gasteiger partial charge in [0, 0.05) is 25.6 Å². The van der Waals surface area contributed by atoms with Crippen LogP contribution in [0.5, 0.6) is 5.75 Å². The zero-order valence-corrected chi connectivity index (χ0v) is 15.8. The van der Waals surface area contributed by atoms with Crippen LogP contribution in [-0.4, -0.2) is 32.8 Å². The third-order valence-electron chi connectivity index (χ3n) is 4.44. The van der Waals surface area contributed by atoms with Gasteiger partial charge in [-0.3, -0.25) is 14.6 Å². The first-order valence-corrected chi connectivity index (χ1v) is 9.03. The second-order valence-electron chi connectivity index (χ2n) is 6.30. The molecule has 1 N–H and O–H groups in total. The molecule has 2 aromatic heterocycles. The Morgan fingerprint density at radius 1 is 1.18 bits per heavy atom. The summed E-state index contributed by atoms with van der Waals surface area (Å²) in [6.45, 7) is 2.09. The summed E-state index contributed by atoms with van der Waals surface area (Å²) in [5.41, 5.74) is 0.422. The van der Waals surface area contributed by atoms with Crippen LogP contribution in [0.2, 0.25) is 0 Å². The van der Waals surface area contributed by atoms with Gasteiger partial charge in [0.25, 0.3) is 11.5 Å². The molecule has 0 aliphatic carbocycles. The number of benzene rings is 1. The number of nitrogens with zero attached hydrogens (tertiary/aromatic N) is 3. The molecule has 0 unspecified atom stereocenters. The zero-order chi connectivity index (χ0) is 19.9. The van der Waals surface area contributed by atoms with Gasteiger partial charge < -0.3 is 14.6 Å². The lowest BCUT2D eigenvalue weighted by Crippen LogP contribution is -2.35. The highest BCUT2D eigenvalue weighted by Gasteiger charge is 2.24. The van der Waals surface area contributed by atoms with Crippen molar-refractivity contribution in [1.29, 1.82) is 0 Å². The Morgan fingerprint density at radius 2 is 1.96 bits per heavy atom. The number of hydrogen-bond donors (Lipinski definition) is 1. The van der Waals surface area contributed by atoms with Crippen LogP contribution in [0.4, 0.5) is 0 Å². The number of ether oxygens (including phenoxy) is 1. The minimum atomic E-state index is -0.487. The minimum Gasteiger partial charge on any atom is -0.486 e. The van der Waals surface area contributed by atoms with Crippen molar-refractivity contribution in [3.8, 4) is 5.75 Å². The normalized spacial score (nSPS) is 11.6. The summed E-state index contributed by atoms with van der Waals surface area (Å²) in [5, 5.41) is 0. The van der Waals surface area contributed by atoms with E-state index in [2.05, 4.69) is 15.0 Å². The molecule has 0 aliphatic rings. The van der Waals surface area contributed by atoms with E-state index in [0.717, 1.165) is 5.56 Å². The maximum atomic E-state index is 12.8.